The maximum atomic E-state index is 12.9. The summed E-state index contributed by atoms with van der Waals surface area (Å²) < 4.78 is 11.2. The molecule has 4 heterocycles. The minimum Gasteiger partial charge on any atom is -0.481 e. The van der Waals surface area contributed by atoms with Crippen LogP contribution in [0.2, 0.25) is 0 Å². The van der Waals surface area contributed by atoms with Crippen LogP contribution in [0.25, 0.3) is 0 Å². The fourth-order valence-electron chi connectivity index (χ4n) is 4.78. The lowest BCUT2D eigenvalue weighted by Gasteiger charge is -2.41. The molecule has 1 unspecified atom stereocenters. The summed E-state index contributed by atoms with van der Waals surface area (Å²) in [5, 5.41) is 8.99. The van der Waals surface area contributed by atoms with Gasteiger partial charge in [0.1, 0.15) is 18.5 Å². The number of anilines is 1. The zero-order chi connectivity index (χ0) is 21.4. The number of methoxy groups -OCH3 is 1. The molecule has 0 radical (unpaired) electrons. The van der Waals surface area contributed by atoms with Gasteiger partial charge in [-0.25, -0.2) is 9.97 Å². The van der Waals surface area contributed by atoms with E-state index in [4.69, 9.17) is 14.7 Å². The van der Waals surface area contributed by atoms with Crippen molar-refractivity contribution < 1.29 is 14.3 Å². The van der Waals surface area contributed by atoms with Crippen LogP contribution in [0.5, 0.6) is 5.88 Å². The average Bonchev–Trinajstić information content (AvgIpc) is 3.57. The lowest BCUT2D eigenvalue weighted by molar-refractivity contribution is -0.140. The molecule has 0 spiro atoms. The van der Waals surface area contributed by atoms with Gasteiger partial charge in [0.25, 0.3) is 0 Å². The van der Waals surface area contributed by atoms with Gasteiger partial charge < -0.3 is 19.3 Å². The first kappa shape index (κ1) is 19.8. The maximum absolute atomic E-state index is 12.9. The van der Waals surface area contributed by atoms with Gasteiger partial charge >= 0.3 is 0 Å². The van der Waals surface area contributed by atoms with Crippen molar-refractivity contribution in [2.45, 2.75) is 43.4 Å². The lowest BCUT2D eigenvalue weighted by Crippen LogP contribution is -2.56. The molecular weight excluding hydrogens is 394 g/mol. The van der Waals surface area contributed by atoms with Crippen molar-refractivity contribution in [1.82, 2.24) is 14.9 Å². The molecule has 2 saturated heterocycles. The van der Waals surface area contributed by atoms with Gasteiger partial charge in [-0.3, -0.25) is 4.79 Å². The number of hydrogen-bond donors (Lipinski definition) is 0. The Labute approximate surface area is 181 Å². The number of carbonyl (C=O) groups is 1. The van der Waals surface area contributed by atoms with Crippen LogP contribution >= 0.6 is 0 Å². The topological polar surface area (TPSA) is 91.6 Å². The second-order valence-corrected chi connectivity index (χ2v) is 8.48. The van der Waals surface area contributed by atoms with Gasteiger partial charge in [-0.1, -0.05) is 0 Å². The molecule has 0 N–H and O–H groups in total. The molecule has 31 heavy (non-hydrogen) atoms. The van der Waals surface area contributed by atoms with E-state index in [2.05, 4.69) is 20.9 Å². The Morgan fingerprint density at radius 1 is 1.16 bits per heavy atom. The van der Waals surface area contributed by atoms with Crippen molar-refractivity contribution in [3.05, 3.63) is 47.8 Å². The number of likely N-dealkylation sites (tertiary alicyclic amines) is 1. The zero-order valence-corrected chi connectivity index (χ0v) is 17.5. The number of rotatable bonds is 6. The molecular formula is C23H25N5O3. The molecule has 2 atom stereocenters. The summed E-state index contributed by atoms with van der Waals surface area (Å²) in [4.78, 5) is 25.9. The van der Waals surface area contributed by atoms with Crippen molar-refractivity contribution in [2.75, 3.05) is 31.7 Å². The number of aromatic nitrogens is 2. The highest BCUT2D eigenvalue weighted by Gasteiger charge is 2.47. The number of fused-ring (bicyclic) bond motifs is 2. The third-order valence-electron chi connectivity index (χ3n) is 6.62. The van der Waals surface area contributed by atoms with Gasteiger partial charge in [0.15, 0.2) is 0 Å². The highest BCUT2D eigenvalue weighted by Crippen LogP contribution is 2.49. The van der Waals surface area contributed by atoms with Crippen molar-refractivity contribution in [2.24, 2.45) is 0 Å². The fourth-order valence-corrected chi connectivity index (χ4v) is 4.78. The van der Waals surface area contributed by atoms with Gasteiger partial charge in [0.2, 0.25) is 11.8 Å². The molecule has 2 bridgehead atoms. The summed E-state index contributed by atoms with van der Waals surface area (Å²) in [7, 11) is 1.59. The van der Waals surface area contributed by atoms with Crippen LogP contribution in [0.4, 0.5) is 5.82 Å². The smallest absolute Gasteiger partial charge is 0.248 e. The summed E-state index contributed by atoms with van der Waals surface area (Å²) >= 11 is 0. The Kier molecular flexibility index (Phi) is 4.98. The number of amides is 1. The molecule has 0 aromatic carbocycles. The molecule has 1 saturated carbocycles. The molecule has 8 heteroatoms. The molecule has 160 valence electrons. The molecule has 8 nitrogen and oxygen atoms in total. The Morgan fingerprint density at radius 2 is 1.94 bits per heavy atom. The zero-order valence-electron chi connectivity index (χ0n) is 17.5. The summed E-state index contributed by atoms with van der Waals surface area (Å²) in [6, 6.07) is 10.1. The lowest BCUT2D eigenvalue weighted by atomic mass is 10.1. The molecule has 2 aromatic heterocycles. The molecule has 2 aromatic rings. The number of carbonyl (C=O) groups excluding carboxylic acids is 1. The van der Waals surface area contributed by atoms with Crippen LogP contribution in [0.3, 0.4) is 0 Å². The van der Waals surface area contributed by atoms with Crippen LogP contribution in [0.1, 0.15) is 36.8 Å². The highest BCUT2D eigenvalue weighted by atomic mass is 16.5. The molecule has 1 amide bonds. The van der Waals surface area contributed by atoms with Crippen LogP contribution < -0.4 is 9.64 Å². The number of nitrogens with zero attached hydrogens (tertiary/aromatic N) is 5. The molecule has 2 aliphatic heterocycles. The predicted octanol–water partition coefficient (Wildman–Crippen LogP) is 2.24. The number of hydrogen-bond acceptors (Lipinski definition) is 7. The van der Waals surface area contributed by atoms with Gasteiger partial charge in [-0.2, -0.15) is 5.26 Å². The summed E-state index contributed by atoms with van der Waals surface area (Å²) in [6.45, 7) is 1.44. The van der Waals surface area contributed by atoms with Gasteiger partial charge in [-0.05, 0) is 43.9 Å². The highest BCUT2D eigenvalue weighted by molar-refractivity contribution is 5.78. The third-order valence-corrected chi connectivity index (χ3v) is 6.62. The summed E-state index contributed by atoms with van der Waals surface area (Å²) in [5.41, 5.74) is 1.17. The normalized spacial score (nSPS) is 23.4. The van der Waals surface area contributed by atoms with E-state index >= 15 is 0 Å². The Bertz CT molecular complexity index is 983. The van der Waals surface area contributed by atoms with Gasteiger partial charge in [0, 0.05) is 49.2 Å². The van der Waals surface area contributed by atoms with Crippen LogP contribution in [-0.2, 0) is 15.1 Å². The van der Waals surface area contributed by atoms with Crippen LogP contribution in [0.15, 0.2) is 36.7 Å². The predicted molar refractivity (Wildman–Crippen MR) is 112 cm³/mol. The number of ether oxygens (including phenoxy) is 2. The number of nitriles is 1. The number of piperazine rings is 1. The fraction of sp³-hybridized carbons (Fsp3) is 0.478. The van der Waals surface area contributed by atoms with E-state index in [9.17, 15) is 4.79 Å². The first-order valence-corrected chi connectivity index (χ1v) is 10.7. The van der Waals surface area contributed by atoms with E-state index in [0.717, 1.165) is 37.1 Å². The largest absolute Gasteiger partial charge is 0.481 e. The summed E-state index contributed by atoms with van der Waals surface area (Å²) in [5.74, 6) is 1.50. The minimum atomic E-state index is -0.387. The van der Waals surface area contributed by atoms with Crippen LogP contribution in [0, 0.1) is 11.3 Å². The van der Waals surface area contributed by atoms with Crippen LogP contribution in [-0.4, -0.2) is 59.7 Å². The first-order valence-electron chi connectivity index (χ1n) is 10.7. The quantitative estimate of drug-likeness (QED) is 0.709. The molecule has 1 aliphatic carbocycles. The van der Waals surface area contributed by atoms with E-state index in [-0.39, 0.29) is 30.2 Å². The molecule has 3 aliphatic rings. The second kappa shape index (κ2) is 7.82. The second-order valence-electron chi connectivity index (χ2n) is 8.48. The monoisotopic (exact) mass is 419 g/mol. The van der Waals surface area contributed by atoms with E-state index in [1.165, 1.54) is 0 Å². The standard InChI is InChI=1S/C23H25N5O3/c1-30-21-7-3-17(12-26-21)23(8-9-23)31-15-22(29)27-13-18-4-5-19(14-27)28(18)20-6-2-16(10-24)11-25-20/h2-3,6-7,11-12,18-19H,4-5,8-9,13-15H2,1H3/t18-,19?/m0/s1. The van der Waals surface area contributed by atoms with Crippen molar-refractivity contribution >= 4 is 11.7 Å². The van der Waals surface area contributed by atoms with E-state index in [0.29, 0.717) is 24.5 Å². The average molecular weight is 419 g/mol. The molecule has 3 fully saturated rings. The Hall–Kier alpha value is -3.18. The van der Waals surface area contributed by atoms with Crippen molar-refractivity contribution in [3.63, 3.8) is 0 Å². The number of pyridine rings is 2. The maximum Gasteiger partial charge on any atom is 0.248 e. The van der Waals surface area contributed by atoms with Crippen molar-refractivity contribution in [1.29, 1.82) is 5.26 Å². The van der Waals surface area contributed by atoms with Gasteiger partial charge in [0.05, 0.1) is 18.3 Å². The third kappa shape index (κ3) is 3.70. The van der Waals surface area contributed by atoms with E-state index in [1.807, 2.05) is 23.1 Å². The molecule has 5 rings (SSSR count). The van der Waals surface area contributed by atoms with E-state index in [1.54, 1.807) is 25.6 Å². The van der Waals surface area contributed by atoms with Gasteiger partial charge in [-0.15, -0.1) is 0 Å². The Morgan fingerprint density at radius 3 is 2.48 bits per heavy atom. The Balaban J connectivity index is 1.20. The van der Waals surface area contributed by atoms with Crippen molar-refractivity contribution in [3.8, 4) is 11.9 Å². The summed E-state index contributed by atoms with van der Waals surface area (Å²) in [6.07, 6.45) is 7.27. The SMILES string of the molecule is COc1ccc(C2(OCC(=O)N3CC4CC[C@@H](C3)N4c3ccc(C#N)cn3)CC2)cn1. The minimum absolute atomic E-state index is 0.0390. The first-order chi connectivity index (χ1) is 15.1. The van der Waals surface area contributed by atoms with E-state index < -0.39 is 0 Å².